The smallest absolute Gasteiger partial charge is 0.333 e. The molecule has 0 spiro atoms. The lowest BCUT2D eigenvalue weighted by atomic mass is 10.2. The van der Waals surface area contributed by atoms with Gasteiger partial charge in [0, 0.05) is 63.3 Å². The zero-order chi connectivity index (χ0) is 23.9. The number of rotatable bonds is 13. The number of hydrogen-bond donors (Lipinski definition) is 1. The molecule has 0 rings (SSSR count). The maximum absolute atomic E-state index is 10.6. The van der Waals surface area contributed by atoms with Crippen molar-refractivity contribution in [2.45, 2.75) is 92.9 Å². The van der Waals surface area contributed by atoms with E-state index in [0.717, 1.165) is 25.4 Å². The molecule has 0 bridgehead atoms. The molecule has 0 saturated carbocycles. The number of nitrogens with zero attached hydrogens (tertiary/aromatic N) is 3. The van der Waals surface area contributed by atoms with E-state index in [1.807, 2.05) is 6.07 Å². The van der Waals surface area contributed by atoms with Gasteiger partial charge in [-0.25, -0.2) is 4.79 Å². The summed E-state index contributed by atoms with van der Waals surface area (Å²) in [6.45, 7) is 25.0. The Balaban J connectivity index is 0. The SMILES string of the molecule is C=C(C)C(=O)OCCC#N.CC(C)N(CCP(O)CCN(C(C)C)C(C)C)C(C)C. The van der Waals surface area contributed by atoms with Gasteiger partial charge in [0.15, 0.2) is 0 Å². The molecule has 0 radical (unpaired) electrons. The van der Waals surface area contributed by atoms with Gasteiger partial charge in [-0.05, 0) is 62.3 Å². The summed E-state index contributed by atoms with van der Waals surface area (Å²) in [6.07, 6.45) is 2.12. The predicted octanol–water partition coefficient (Wildman–Crippen LogP) is 4.63. The van der Waals surface area contributed by atoms with Crippen LogP contribution in [0.5, 0.6) is 0 Å². The molecule has 0 aliphatic heterocycles. The van der Waals surface area contributed by atoms with Crippen LogP contribution in [0.15, 0.2) is 12.2 Å². The first-order chi connectivity index (χ1) is 13.8. The molecular weight excluding hydrogens is 397 g/mol. The third-order valence-corrected chi connectivity index (χ3v) is 6.11. The van der Waals surface area contributed by atoms with Gasteiger partial charge in [-0.1, -0.05) is 6.58 Å². The highest BCUT2D eigenvalue weighted by Gasteiger charge is 2.18. The minimum atomic E-state index is -0.828. The fourth-order valence-corrected chi connectivity index (χ4v) is 4.26. The van der Waals surface area contributed by atoms with Crippen molar-refractivity contribution in [3.05, 3.63) is 12.2 Å². The average molecular weight is 444 g/mol. The van der Waals surface area contributed by atoms with Crippen molar-refractivity contribution in [2.75, 3.05) is 32.0 Å². The Kier molecular flexibility index (Phi) is 18.4. The quantitative estimate of drug-likeness (QED) is 0.194. The van der Waals surface area contributed by atoms with E-state index in [2.05, 4.69) is 76.5 Å². The van der Waals surface area contributed by atoms with Crippen LogP contribution in [0.4, 0.5) is 0 Å². The Morgan fingerprint density at radius 2 is 1.33 bits per heavy atom. The zero-order valence-electron chi connectivity index (χ0n) is 20.8. The van der Waals surface area contributed by atoms with E-state index in [1.54, 1.807) is 6.92 Å². The van der Waals surface area contributed by atoms with Crippen LogP contribution < -0.4 is 0 Å². The molecule has 1 N–H and O–H groups in total. The molecule has 0 amide bonds. The molecule has 0 aromatic carbocycles. The van der Waals surface area contributed by atoms with Gasteiger partial charge >= 0.3 is 5.97 Å². The van der Waals surface area contributed by atoms with Gasteiger partial charge in [0.2, 0.25) is 0 Å². The maximum Gasteiger partial charge on any atom is 0.333 e. The maximum atomic E-state index is 10.6. The third-order valence-electron chi connectivity index (χ3n) is 4.68. The Morgan fingerprint density at radius 1 is 0.967 bits per heavy atom. The normalized spacial score (nSPS) is 11.5. The molecule has 30 heavy (non-hydrogen) atoms. The first-order valence-corrected chi connectivity index (χ1v) is 12.7. The molecule has 0 aromatic heterocycles. The van der Waals surface area contributed by atoms with Crippen LogP contribution in [0.1, 0.15) is 68.7 Å². The molecule has 176 valence electrons. The lowest BCUT2D eigenvalue weighted by Crippen LogP contribution is -2.40. The van der Waals surface area contributed by atoms with E-state index in [9.17, 15) is 9.69 Å². The second-order valence-electron chi connectivity index (χ2n) is 8.63. The largest absolute Gasteiger partial charge is 0.461 e. The predicted molar refractivity (Wildman–Crippen MR) is 129 cm³/mol. The molecular formula is C23H46N3O3P. The standard InChI is InChI=1S/C16H37N2OP.C7H9NO2/c1-13(2)17(14(3)4)9-11-20(19)12-10-18(15(5)6)16(7)8;1-6(2)7(9)10-5-3-4-8/h13-16,19H,9-12H2,1-8H3;1,3,5H2,2H3. The minimum absolute atomic E-state index is 0.155. The van der Waals surface area contributed by atoms with Crippen molar-refractivity contribution < 1.29 is 14.4 Å². The summed E-state index contributed by atoms with van der Waals surface area (Å²) in [5.41, 5.74) is 0.359. The molecule has 7 heteroatoms. The van der Waals surface area contributed by atoms with Crippen molar-refractivity contribution in [1.29, 1.82) is 5.26 Å². The lowest BCUT2D eigenvalue weighted by Gasteiger charge is -2.33. The van der Waals surface area contributed by atoms with Gasteiger partial charge in [-0.3, -0.25) is 9.80 Å². The van der Waals surface area contributed by atoms with Gasteiger partial charge in [0.1, 0.15) is 6.61 Å². The highest BCUT2D eigenvalue weighted by molar-refractivity contribution is 7.51. The summed E-state index contributed by atoms with van der Waals surface area (Å²) >= 11 is 0. The van der Waals surface area contributed by atoms with Crippen LogP contribution in [0, 0.1) is 11.3 Å². The van der Waals surface area contributed by atoms with Gasteiger partial charge in [-0.2, -0.15) is 5.26 Å². The molecule has 0 atom stereocenters. The number of esters is 1. The number of carbonyl (C=O) groups is 1. The van der Waals surface area contributed by atoms with Crippen LogP contribution in [0.25, 0.3) is 0 Å². The number of nitriles is 1. The summed E-state index contributed by atoms with van der Waals surface area (Å²) in [5.74, 6) is -0.435. The van der Waals surface area contributed by atoms with E-state index in [4.69, 9.17) is 5.26 Å². The number of ether oxygens (including phenoxy) is 1. The number of hydrogen-bond acceptors (Lipinski definition) is 6. The van der Waals surface area contributed by atoms with Gasteiger partial charge in [0.05, 0.1) is 12.5 Å². The minimum Gasteiger partial charge on any atom is -0.461 e. The van der Waals surface area contributed by atoms with E-state index >= 15 is 0 Å². The molecule has 6 nitrogen and oxygen atoms in total. The van der Waals surface area contributed by atoms with Crippen molar-refractivity contribution >= 4 is 14.1 Å². The van der Waals surface area contributed by atoms with Crippen molar-refractivity contribution in [3.8, 4) is 6.07 Å². The number of carbonyl (C=O) groups excluding carboxylic acids is 1. The van der Waals surface area contributed by atoms with Gasteiger partial charge in [0.25, 0.3) is 0 Å². The fourth-order valence-electron chi connectivity index (χ4n) is 3.11. The molecule has 0 aliphatic carbocycles. The summed E-state index contributed by atoms with van der Waals surface area (Å²) in [5, 5.41) is 8.05. The van der Waals surface area contributed by atoms with Crippen LogP contribution >= 0.6 is 8.15 Å². The van der Waals surface area contributed by atoms with E-state index in [1.165, 1.54) is 0 Å². The highest BCUT2D eigenvalue weighted by atomic mass is 31.1. The Morgan fingerprint density at radius 3 is 1.60 bits per heavy atom. The van der Waals surface area contributed by atoms with Crippen molar-refractivity contribution in [3.63, 3.8) is 0 Å². The Bertz CT molecular complexity index is 476. The lowest BCUT2D eigenvalue weighted by molar-refractivity contribution is -0.138. The van der Waals surface area contributed by atoms with Crippen molar-refractivity contribution in [2.24, 2.45) is 0 Å². The van der Waals surface area contributed by atoms with Crippen LogP contribution in [0.2, 0.25) is 0 Å². The third kappa shape index (κ3) is 15.8. The summed E-state index contributed by atoms with van der Waals surface area (Å²) in [7, 11) is -0.828. The molecule has 0 unspecified atom stereocenters. The zero-order valence-corrected chi connectivity index (χ0v) is 21.7. The monoisotopic (exact) mass is 443 g/mol. The molecule has 0 aromatic rings. The Labute approximate surface area is 187 Å². The second kappa shape index (κ2) is 17.7. The fraction of sp³-hybridized carbons (Fsp3) is 0.826. The second-order valence-corrected chi connectivity index (χ2v) is 10.5. The summed E-state index contributed by atoms with van der Waals surface area (Å²) < 4.78 is 4.58. The van der Waals surface area contributed by atoms with E-state index < -0.39 is 14.1 Å². The van der Waals surface area contributed by atoms with Crippen LogP contribution in [0.3, 0.4) is 0 Å². The summed E-state index contributed by atoms with van der Waals surface area (Å²) in [4.78, 5) is 25.8. The molecule has 0 fully saturated rings. The first kappa shape index (κ1) is 31.2. The topological polar surface area (TPSA) is 76.8 Å². The first-order valence-electron chi connectivity index (χ1n) is 11.0. The van der Waals surface area contributed by atoms with Crippen LogP contribution in [-0.2, 0) is 9.53 Å². The van der Waals surface area contributed by atoms with E-state index in [-0.39, 0.29) is 13.0 Å². The van der Waals surface area contributed by atoms with Crippen molar-refractivity contribution in [1.82, 2.24) is 9.80 Å². The van der Waals surface area contributed by atoms with Crippen LogP contribution in [-0.4, -0.2) is 76.9 Å². The molecule has 0 saturated heterocycles. The molecule has 0 heterocycles. The summed E-state index contributed by atoms with van der Waals surface area (Å²) in [6, 6.07) is 4.08. The average Bonchev–Trinajstić information content (AvgIpc) is 2.61. The highest BCUT2D eigenvalue weighted by Crippen LogP contribution is 2.30. The van der Waals surface area contributed by atoms with Gasteiger partial charge < -0.3 is 9.63 Å². The Hall–Kier alpha value is -0.990. The van der Waals surface area contributed by atoms with E-state index in [0.29, 0.717) is 29.7 Å². The molecule has 0 aliphatic rings. The van der Waals surface area contributed by atoms with Gasteiger partial charge in [-0.15, -0.1) is 0 Å².